The quantitative estimate of drug-likeness (QED) is 0.920. The van der Waals surface area contributed by atoms with Crippen molar-refractivity contribution in [1.29, 1.82) is 0 Å². The highest BCUT2D eigenvalue weighted by atomic mass is 79.9. The van der Waals surface area contributed by atoms with Gasteiger partial charge in [-0.2, -0.15) is 4.98 Å². The van der Waals surface area contributed by atoms with E-state index in [-0.39, 0.29) is 0 Å². The Hall–Kier alpha value is -0.720. The van der Waals surface area contributed by atoms with E-state index in [1.807, 2.05) is 11.4 Å². The molecule has 78 valence electrons. The second-order valence-electron chi connectivity index (χ2n) is 3.44. The molecule has 0 amide bonds. The summed E-state index contributed by atoms with van der Waals surface area (Å²) in [4.78, 5) is 5.42. The molecule has 2 aromatic heterocycles. The number of halogens is 1. The number of nitrogens with one attached hydrogen (secondary N) is 1. The van der Waals surface area contributed by atoms with E-state index in [2.05, 4.69) is 31.4 Å². The van der Waals surface area contributed by atoms with Gasteiger partial charge in [0.15, 0.2) is 0 Å². The Bertz CT molecular complexity index is 477. The van der Waals surface area contributed by atoms with Crippen LogP contribution in [0.5, 0.6) is 0 Å². The first kappa shape index (κ1) is 9.50. The van der Waals surface area contributed by atoms with E-state index in [0.29, 0.717) is 11.7 Å². The fourth-order valence-electron chi connectivity index (χ4n) is 1.39. The molecule has 0 aromatic carbocycles. The number of hydrogen-bond donors (Lipinski definition) is 1. The van der Waals surface area contributed by atoms with Crippen molar-refractivity contribution in [3.05, 3.63) is 21.8 Å². The van der Waals surface area contributed by atoms with Crippen LogP contribution >= 0.6 is 27.3 Å². The van der Waals surface area contributed by atoms with E-state index in [0.717, 1.165) is 28.3 Å². The van der Waals surface area contributed by atoms with Crippen LogP contribution < -0.4 is 5.32 Å². The molecule has 0 aliphatic carbocycles. The number of hydrogen-bond acceptors (Lipinski definition) is 5. The molecule has 0 atom stereocenters. The number of thiophene rings is 1. The third kappa shape index (κ3) is 1.73. The Morgan fingerprint density at radius 2 is 2.40 bits per heavy atom. The molecular weight excluding hydrogens is 278 g/mol. The highest BCUT2D eigenvalue weighted by Crippen LogP contribution is 2.29. The maximum absolute atomic E-state index is 5.22. The molecule has 1 saturated heterocycles. The topological polar surface area (TPSA) is 51.0 Å². The molecule has 1 aliphatic rings. The van der Waals surface area contributed by atoms with Crippen molar-refractivity contribution in [2.75, 3.05) is 13.1 Å². The van der Waals surface area contributed by atoms with Gasteiger partial charge in [-0.15, -0.1) is 11.3 Å². The zero-order chi connectivity index (χ0) is 10.3. The minimum atomic E-state index is 0.398. The summed E-state index contributed by atoms with van der Waals surface area (Å²) >= 11 is 5.01. The normalized spacial score (nSPS) is 16.6. The van der Waals surface area contributed by atoms with Crippen LogP contribution in [0.4, 0.5) is 0 Å². The lowest BCUT2D eigenvalue weighted by Gasteiger charge is -2.22. The lowest BCUT2D eigenvalue weighted by molar-refractivity contribution is 0.308. The summed E-state index contributed by atoms with van der Waals surface area (Å²) < 4.78 is 6.28. The van der Waals surface area contributed by atoms with Gasteiger partial charge in [-0.3, -0.25) is 0 Å². The lowest BCUT2D eigenvalue weighted by atomic mass is 10.0. The van der Waals surface area contributed by atoms with E-state index in [1.54, 1.807) is 11.3 Å². The molecule has 15 heavy (non-hydrogen) atoms. The van der Waals surface area contributed by atoms with Gasteiger partial charge in [0.05, 0.1) is 10.8 Å². The van der Waals surface area contributed by atoms with Gasteiger partial charge in [-0.1, -0.05) is 5.16 Å². The molecule has 1 N–H and O–H groups in total. The van der Waals surface area contributed by atoms with Crippen molar-refractivity contribution in [1.82, 2.24) is 15.5 Å². The number of aromatic nitrogens is 2. The highest BCUT2D eigenvalue weighted by Gasteiger charge is 2.25. The van der Waals surface area contributed by atoms with Crippen LogP contribution in [-0.2, 0) is 0 Å². The van der Waals surface area contributed by atoms with Gasteiger partial charge < -0.3 is 9.84 Å². The maximum atomic E-state index is 5.22. The van der Waals surface area contributed by atoms with E-state index < -0.39 is 0 Å². The molecule has 3 heterocycles. The van der Waals surface area contributed by atoms with Crippen molar-refractivity contribution in [3.8, 4) is 10.7 Å². The Morgan fingerprint density at radius 3 is 3.00 bits per heavy atom. The Labute approximate surface area is 98.8 Å². The van der Waals surface area contributed by atoms with E-state index in [1.165, 1.54) is 0 Å². The Morgan fingerprint density at radius 1 is 1.53 bits per heavy atom. The van der Waals surface area contributed by atoms with Crippen LogP contribution in [0, 0.1) is 0 Å². The molecule has 0 saturated carbocycles. The second-order valence-corrected chi connectivity index (χ2v) is 5.27. The molecule has 6 heteroatoms. The number of nitrogens with zero attached hydrogens (tertiary/aromatic N) is 2. The second kappa shape index (κ2) is 3.70. The van der Waals surface area contributed by atoms with Crippen molar-refractivity contribution < 1.29 is 4.52 Å². The minimum absolute atomic E-state index is 0.398. The van der Waals surface area contributed by atoms with Gasteiger partial charge in [-0.05, 0) is 22.0 Å². The standard InChI is InChI=1S/C9H8BrN3OS/c10-6-1-7(15-4-6)8-12-9(14-13-8)5-2-11-3-5/h1,4-5,11H,2-3H2. The lowest BCUT2D eigenvalue weighted by Crippen LogP contribution is -2.40. The Balaban J connectivity index is 1.89. The summed E-state index contributed by atoms with van der Waals surface area (Å²) in [5, 5.41) is 9.17. The monoisotopic (exact) mass is 285 g/mol. The average molecular weight is 286 g/mol. The van der Waals surface area contributed by atoms with Crippen molar-refractivity contribution >= 4 is 27.3 Å². The summed E-state index contributed by atoms with van der Waals surface area (Å²) in [6, 6.07) is 2.00. The summed E-state index contributed by atoms with van der Waals surface area (Å²) in [6.45, 7) is 1.88. The fraction of sp³-hybridized carbons (Fsp3) is 0.333. The maximum Gasteiger partial charge on any atom is 0.232 e. The van der Waals surface area contributed by atoms with Gasteiger partial charge in [-0.25, -0.2) is 0 Å². The van der Waals surface area contributed by atoms with Crippen molar-refractivity contribution in [3.63, 3.8) is 0 Å². The molecule has 1 fully saturated rings. The number of rotatable bonds is 2. The molecule has 2 aromatic rings. The average Bonchev–Trinajstić information content (AvgIpc) is 2.70. The molecule has 1 aliphatic heterocycles. The van der Waals surface area contributed by atoms with E-state index in [4.69, 9.17) is 4.52 Å². The van der Waals surface area contributed by atoms with Gasteiger partial charge in [0.2, 0.25) is 11.7 Å². The van der Waals surface area contributed by atoms with E-state index in [9.17, 15) is 0 Å². The third-order valence-electron chi connectivity index (χ3n) is 2.36. The van der Waals surface area contributed by atoms with Crippen LogP contribution in [0.1, 0.15) is 11.8 Å². The van der Waals surface area contributed by atoms with Gasteiger partial charge in [0, 0.05) is 22.9 Å². The fourth-order valence-corrected chi connectivity index (χ4v) is 2.75. The molecule has 0 spiro atoms. The van der Waals surface area contributed by atoms with Crippen LogP contribution in [0.15, 0.2) is 20.4 Å². The molecule has 0 radical (unpaired) electrons. The first-order chi connectivity index (χ1) is 7.33. The van der Waals surface area contributed by atoms with Crippen molar-refractivity contribution in [2.45, 2.75) is 5.92 Å². The zero-order valence-corrected chi connectivity index (χ0v) is 10.1. The molecule has 0 unspecified atom stereocenters. The minimum Gasteiger partial charge on any atom is -0.339 e. The third-order valence-corrected chi connectivity index (χ3v) is 4.05. The molecule has 4 nitrogen and oxygen atoms in total. The van der Waals surface area contributed by atoms with E-state index >= 15 is 0 Å². The summed E-state index contributed by atoms with van der Waals surface area (Å²) in [5.41, 5.74) is 0. The molecular formula is C9H8BrN3OS. The Kier molecular flexibility index (Phi) is 2.34. The predicted octanol–water partition coefficient (Wildman–Crippen LogP) is 2.25. The van der Waals surface area contributed by atoms with Gasteiger partial charge in [0.25, 0.3) is 0 Å². The summed E-state index contributed by atoms with van der Waals surface area (Å²) in [5.74, 6) is 1.83. The first-order valence-electron chi connectivity index (χ1n) is 4.61. The van der Waals surface area contributed by atoms with Crippen LogP contribution in [-0.4, -0.2) is 23.2 Å². The van der Waals surface area contributed by atoms with Crippen molar-refractivity contribution in [2.24, 2.45) is 0 Å². The highest BCUT2D eigenvalue weighted by molar-refractivity contribution is 9.10. The van der Waals surface area contributed by atoms with Gasteiger partial charge in [0.1, 0.15) is 0 Å². The molecule has 3 rings (SSSR count). The van der Waals surface area contributed by atoms with Crippen LogP contribution in [0.3, 0.4) is 0 Å². The zero-order valence-electron chi connectivity index (χ0n) is 7.74. The first-order valence-corrected chi connectivity index (χ1v) is 6.29. The van der Waals surface area contributed by atoms with Crippen LogP contribution in [0.25, 0.3) is 10.7 Å². The largest absolute Gasteiger partial charge is 0.339 e. The predicted molar refractivity (Wildman–Crippen MR) is 60.9 cm³/mol. The summed E-state index contributed by atoms with van der Waals surface area (Å²) in [6.07, 6.45) is 0. The van der Waals surface area contributed by atoms with Crippen LogP contribution in [0.2, 0.25) is 0 Å². The summed E-state index contributed by atoms with van der Waals surface area (Å²) in [7, 11) is 0. The van der Waals surface area contributed by atoms with Gasteiger partial charge >= 0.3 is 0 Å². The smallest absolute Gasteiger partial charge is 0.232 e. The molecule has 0 bridgehead atoms. The SMILES string of the molecule is Brc1csc(-c2noc(C3CNC3)n2)c1.